The predicted molar refractivity (Wildman–Crippen MR) is 169 cm³/mol. The maximum absolute atomic E-state index is 14.1. The number of carbonyl (C=O) groups is 3. The lowest BCUT2D eigenvalue weighted by atomic mass is 9.91. The lowest BCUT2D eigenvalue weighted by molar-refractivity contribution is 0.0928. The Labute approximate surface area is 257 Å². The zero-order chi connectivity index (χ0) is 31.1. The third-order valence-corrected chi connectivity index (χ3v) is 8.29. The molecule has 0 unspecified atom stereocenters. The van der Waals surface area contributed by atoms with Gasteiger partial charge in [-0.25, -0.2) is 4.39 Å². The van der Waals surface area contributed by atoms with Crippen molar-refractivity contribution in [1.29, 1.82) is 0 Å². The first kappa shape index (κ1) is 27.9. The van der Waals surface area contributed by atoms with E-state index in [9.17, 15) is 18.8 Å². The Kier molecular flexibility index (Phi) is 6.82. The standard InChI is InChI=1S/C37H26FN3O4/c38-25-12-8-22(9-13-25)34-31(21-42)29-19-24(11-15-32(29)45-34)23-10-14-27(26-5-1-2-6-28(26)35(39)43)30(20-23)36(44)41-37(16-17-37)33-7-3-4-18-40-33/h1-15,18-21H,16-17H2,(H2,39,43)(H,41,44). The average molecular weight is 596 g/mol. The van der Waals surface area contributed by atoms with Gasteiger partial charge in [-0.2, -0.15) is 0 Å². The number of hydrogen-bond acceptors (Lipinski definition) is 5. The molecule has 4 aromatic carbocycles. The van der Waals surface area contributed by atoms with Crippen LogP contribution < -0.4 is 11.1 Å². The molecule has 0 radical (unpaired) electrons. The van der Waals surface area contributed by atoms with Crippen molar-refractivity contribution in [3.8, 4) is 33.6 Å². The average Bonchev–Trinajstić information content (AvgIpc) is 3.76. The quantitative estimate of drug-likeness (QED) is 0.179. The lowest BCUT2D eigenvalue weighted by Gasteiger charge is -2.20. The van der Waals surface area contributed by atoms with E-state index in [-0.39, 0.29) is 11.7 Å². The van der Waals surface area contributed by atoms with E-state index in [4.69, 9.17) is 10.2 Å². The molecule has 1 saturated carbocycles. The Balaban J connectivity index is 1.34. The third kappa shape index (κ3) is 5.06. The Morgan fingerprint density at radius 3 is 2.22 bits per heavy atom. The number of halogens is 1. The second-order valence-electron chi connectivity index (χ2n) is 11.1. The van der Waals surface area contributed by atoms with Gasteiger partial charge >= 0.3 is 0 Å². The molecule has 6 aromatic rings. The molecule has 0 atom stereocenters. The zero-order valence-electron chi connectivity index (χ0n) is 23.9. The summed E-state index contributed by atoms with van der Waals surface area (Å²) in [6.07, 6.45) is 3.94. The van der Waals surface area contributed by atoms with Crippen molar-refractivity contribution in [3.63, 3.8) is 0 Å². The van der Waals surface area contributed by atoms with Crippen LogP contribution >= 0.6 is 0 Å². The fourth-order valence-electron chi connectivity index (χ4n) is 5.81. The van der Waals surface area contributed by atoms with Gasteiger partial charge in [-0.05, 0) is 95.8 Å². The Bertz CT molecular complexity index is 2120. The minimum absolute atomic E-state index is 0.300. The van der Waals surface area contributed by atoms with Gasteiger partial charge in [-0.15, -0.1) is 0 Å². The Morgan fingerprint density at radius 1 is 0.822 bits per heavy atom. The third-order valence-electron chi connectivity index (χ3n) is 8.29. The van der Waals surface area contributed by atoms with Crippen LogP contribution in [0.1, 0.15) is 49.6 Å². The first-order valence-electron chi connectivity index (χ1n) is 14.4. The van der Waals surface area contributed by atoms with Crippen LogP contribution in [0.25, 0.3) is 44.5 Å². The number of aromatic nitrogens is 1. The Hall–Kier alpha value is -5.89. The highest BCUT2D eigenvalue weighted by Crippen LogP contribution is 2.45. The monoisotopic (exact) mass is 595 g/mol. The number of fused-ring (bicyclic) bond motifs is 1. The number of primary amides is 1. The van der Waals surface area contributed by atoms with Gasteiger partial charge in [0.25, 0.3) is 5.91 Å². The van der Waals surface area contributed by atoms with E-state index in [0.29, 0.717) is 55.7 Å². The normalized spacial score (nSPS) is 13.4. The van der Waals surface area contributed by atoms with Gasteiger partial charge in [0.05, 0.1) is 16.8 Å². The van der Waals surface area contributed by atoms with Crippen LogP contribution in [0.3, 0.4) is 0 Å². The zero-order valence-corrected chi connectivity index (χ0v) is 23.9. The maximum Gasteiger partial charge on any atom is 0.252 e. The molecular formula is C37H26FN3O4. The van der Waals surface area contributed by atoms with Gasteiger partial charge in [-0.3, -0.25) is 19.4 Å². The minimum Gasteiger partial charge on any atom is -0.455 e. The molecule has 0 saturated heterocycles. The molecule has 2 heterocycles. The highest BCUT2D eigenvalue weighted by atomic mass is 19.1. The number of hydrogen-bond donors (Lipinski definition) is 2. The fraction of sp³-hybridized carbons (Fsp3) is 0.0811. The number of nitrogens with zero attached hydrogens (tertiary/aromatic N) is 1. The molecule has 220 valence electrons. The summed E-state index contributed by atoms with van der Waals surface area (Å²) in [7, 11) is 0. The number of nitrogens with two attached hydrogens (primary N) is 1. The van der Waals surface area contributed by atoms with E-state index in [0.717, 1.165) is 30.4 Å². The molecule has 0 spiro atoms. The van der Waals surface area contributed by atoms with Crippen LogP contribution in [-0.2, 0) is 5.54 Å². The number of benzene rings is 4. The summed E-state index contributed by atoms with van der Waals surface area (Å²) < 4.78 is 19.6. The van der Waals surface area contributed by atoms with Gasteiger partial charge in [0, 0.05) is 28.3 Å². The molecule has 0 aliphatic heterocycles. The number of nitrogens with one attached hydrogen (secondary N) is 1. The summed E-state index contributed by atoms with van der Waals surface area (Å²) in [4.78, 5) is 43.2. The second kappa shape index (κ2) is 11.0. The van der Waals surface area contributed by atoms with E-state index in [1.165, 1.54) is 12.1 Å². The summed E-state index contributed by atoms with van der Waals surface area (Å²) >= 11 is 0. The minimum atomic E-state index is -0.600. The van der Waals surface area contributed by atoms with E-state index in [1.807, 2.05) is 36.4 Å². The molecule has 1 fully saturated rings. The number of aldehydes is 1. The van der Waals surface area contributed by atoms with Gasteiger partial charge in [-0.1, -0.05) is 42.5 Å². The fourth-order valence-corrected chi connectivity index (χ4v) is 5.81. The highest BCUT2D eigenvalue weighted by Gasteiger charge is 2.47. The number of pyridine rings is 1. The van der Waals surface area contributed by atoms with E-state index in [1.54, 1.807) is 60.8 Å². The van der Waals surface area contributed by atoms with E-state index in [2.05, 4.69) is 10.3 Å². The van der Waals surface area contributed by atoms with Crippen LogP contribution in [0.4, 0.5) is 4.39 Å². The topological polar surface area (TPSA) is 115 Å². The van der Waals surface area contributed by atoms with Crippen molar-refractivity contribution in [1.82, 2.24) is 10.3 Å². The van der Waals surface area contributed by atoms with Crippen LogP contribution in [0.15, 0.2) is 114 Å². The highest BCUT2D eigenvalue weighted by molar-refractivity contribution is 6.08. The second-order valence-corrected chi connectivity index (χ2v) is 11.1. The summed E-state index contributed by atoms with van der Waals surface area (Å²) in [5, 5.41) is 3.79. The van der Waals surface area contributed by atoms with Crippen molar-refractivity contribution in [2.45, 2.75) is 18.4 Å². The molecule has 2 aromatic heterocycles. The Morgan fingerprint density at radius 2 is 1.51 bits per heavy atom. The molecule has 0 bridgehead atoms. The molecule has 7 nitrogen and oxygen atoms in total. The molecule has 2 amide bonds. The van der Waals surface area contributed by atoms with Crippen LogP contribution in [-0.4, -0.2) is 23.1 Å². The molecule has 1 aliphatic carbocycles. The largest absolute Gasteiger partial charge is 0.455 e. The molecule has 1 aliphatic rings. The molecule has 8 heteroatoms. The van der Waals surface area contributed by atoms with Crippen LogP contribution in [0, 0.1) is 5.82 Å². The first-order valence-corrected chi connectivity index (χ1v) is 14.4. The van der Waals surface area contributed by atoms with Crippen molar-refractivity contribution in [3.05, 3.63) is 138 Å². The smallest absolute Gasteiger partial charge is 0.252 e. The van der Waals surface area contributed by atoms with Gasteiger partial charge in [0.2, 0.25) is 5.91 Å². The molecule has 3 N–H and O–H groups in total. The van der Waals surface area contributed by atoms with Crippen LogP contribution in [0.2, 0.25) is 0 Å². The predicted octanol–water partition coefficient (Wildman–Crippen LogP) is 7.30. The van der Waals surface area contributed by atoms with E-state index < -0.39 is 11.4 Å². The maximum atomic E-state index is 14.1. The van der Waals surface area contributed by atoms with Gasteiger partial charge in [0.15, 0.2) is 6.29 Å². The van der Waals surface area contributed by atoms with Gasteiger partial charge in [0.1, 0.15) is 17.2 Å². The van der Waals surface area contributed by atoms with Crippen molar-refractivity contribution in [2.24, 2.45) is 5.73 Å². The SMILES string of the molecule is NC(=O)c1ccccc1-c1ccc(-c2ccc3oc(-c4ccc(F)cc4)c(C=O)c3c2)cc1C(=O)NC1(c2ccccn2)CC1. The summed E-state index contributed by atoms with van der Waals surface area (Å²) in [5.41, 5.74) is 10.6. The van der Waals surface area contributed by atoms with Gasteiger partial charge < -0.3 is 15.5 Å². The molecule has 7 rings (SSSR count). The number of carbonyl (C=O) groups excluding carboxylic acids is 3. The number of rotatable bonds is 8. The number of amides is 2. The molecule has 45 heavy (non-hydrogen) atoms. The first-order chi connectivity index (χ1) is 21.9. The number of furan rings is 1. The summed E-state index contributed by atoms with van der Waals surface area (Å²) in [6.45, 7) is 0. The van der Waals surface area contributed by atoms with Crippen LogP contribution in [0.5, 0.6) is 0 Å². The summed E-state index contributed by atoms with van der Waals surface area (Å²) in [6, 6.07) is 29.2. The lowest BCUT2D eigenvalue weighted by Crippen LogP contribution is -2.35. The molecular weight excluding hydrogens is 569 g/mol. The van der Waals surface area contributed by atoms with E-state index >= 15 is 0 Å². The van der Waals surface area contributed by atoms with Crippen molar-refractivity contribution < 1.29 is 23.2 Å². The van der Waals surface area contributed by atoms with Crippen molar-refractivity contribution in [2.75, 3.05) is 0 Å². The van der Waals surface area contributed by atoms with Crippen molar-refractivity contribution >= 4 is 29.1 Å². The summed E-state index contributed by atoms with van der Waals surface area (Å²) in [5.74, 6) is -0.957.